The molecule has 0 aliphatic heterocycles. The van der Waals surface area contributed by atoms with E-state index in [0.717, 1.165) is 38.9 Å². The summed E-state index contributed by atoms with van der Waals surface area (Å²) in [7, 11) is 0. The molecule has 0 saturated heterocycles. The van der Waals surface area contributed by atoms with Gasteiger partial charge in [-0.3, -0.25) is 19.9 Å². The number of anilines is 1. The van der Waals surface area contributed by atoms with Crippen LogP contribution >= 0.6 is 0 Å². The SMILES string of the molecule is CCC(=O)Nc1cncc(-c2ccc3[nH]nc(-c4nc5c(-c6cccc(C)c6)nccc5[nH]4)c3n2)c1. The van der Waals surface area contributed by atoms with Crippen molar-refractivity contribution >= 4 is 33.7 Å². The maximum Gasteiger partial charge on any atom is 0.224 e. The van der Waals surface area contributed by atoms with Gasteiger partial charge in [-0.1, -0.05) is 30.7 Å². The highest BCUT2D eigenvalue weighted by Crippen LogP contribution is 2.31. The van der Waals surface area contributed by atoms with Gasteiger partial charge in [0.2, 0.25) is 5.91 Å². The van der Waals surface area contributed by atoms with Gasteiger partial charge >= 0.3 is 0 Å². The number of imidazole rings is 1. The number of rotatable bonds is 5. The Morgan fingerprint density at radius 1 is 0.944 bits per heavy atom. The molecule has 0 atom stereocenters. The van der Waals surface area contributed by atoms with E-state index in [0.29, 0.717) is 34.8 Å². The number of H-pyrrole nitrogens is 2. The predicted octanol–water partition coefficient (Wildman–Crippen LogP) is 5.28. The molecule has 0 bridgehead atoms. The van der Waals surface area contributed by atoms with Crippen LogP contribution in [0.15, 0.2) is 67.1 Å². The number of hydrogen-bond donors (Lipinski definition) is 3. The van der Waals surface area contributed by atoms with Crippen molar-refractivity contribution in [2.45, 2.75) is 20.3 Å². The summed E-state index contributed by atoms with van der Waals surface area (Å²) >= 11 is 0. The Morgan fingerprint density at radius 2 is 1.83 bits per heavy atom. The zero-order valence-electron chi connectivity index (χ0n) is 19.7. The molecule has 3 N–H and O–H groups in total. The second-order valence-corrected chi connectivity index (χ2v) is 8.54. The molecule has 6 aromatic rings. The number of hydrogen-bond acceptors (Lipinski definition) is 6. The van der Waals surface area contributed by atoms with Crippen molar-refractivity contribution in [1.82, 2.24) is 35.1 Å². The average Bonchev–Trinajstić information content (AvgIpc) is 3.52. The van der Waals surface area contributed by atoms with Gasteiger partial charge in [-0.2, -0.15) is 5.10 Å². The minimum Gasteiger partial charge on any atom is -0.336 e. The van der Waals surface area contributed by atoms with Gasteiger partial charge in [0.05, 0.1) is 34.3 Å². The fraction of sp³-hybridized carbons (Fsp3) is 0.111. The molecular formula is C27H22N8O. The molecule has 0 spiro atoms. The van der Waals surface area contributed by atoms with E-state index in [4.69, 9.17) is 9.97 Å². The van der Waals surface area contributed by atoms with E-state index < -0.39 is 0 Å². The molecule has 9 nitrogen and oxygen atoms in total. The summed E-state index contributed by atoms with van der Waals surface area (Å²) in [5.74, 6) is 0.531. The maximum absolute atomic E-state index is 11.8. The number of amides is 1. The molecule has 1 amide bonds. The van der Waals surface area contributed by atoms with E-state index in [1.165, 1.54) is 0 Å². The van der Waals surface area contributed by atoms with Gasteiger partial charge in [0.1, 0.15) is 11.0 Å². The van der Waals surface area contributed by atoms with Crippen molar-refractivity contribution in [2.24, 2.45) is 0 Å². The average molecular weight is 475 g/mol. The molecule has 36 heavy (non-hydrogen) atoms. The second kappa shape index (κ2) is 8.70. The van der Waals surface area contributed by atoms with E-state index >= 15 is 0 Å². The van der Waals surface area contributed by atoms with Gasteiger partial charge in [0, 0.05) is 29.9 Å². The normalized spacial score (nSPS) is 11.3. The molecule has 0 saturated carbocycles. The second-order valence-electron chi connectivity index (χ2n) is 8.54. The van der Waals surface area contributed by atoms with Crippen molar-refractivity contribution < 1.29 is 4.79 Å². The lowest BCUT2D eigenvalue weighted by Gasteiger charge is -2.06. The van der Waals surface area contributed by atoms with Crippen LogP contribution in [0.5, 0.6) is 0 Å². The highest BCUT2D eigenvalue weighted by atomic mass is 16.1. The first-order valence-corrected chi connectivity index (χ1v) is 11.6. The standard InChI is InChI=1S/C27H22N8O/c1-3-22(36)30-18-12-17(13-28-14-18)19-7-8-21-25(31-19)26(35-34-21)27-32-20-9-10-29-23(24(20)33-27)16-6-4-5-15(2)11-16/h4-14H,3H2,1-2H3,(H,30,36)(H,32,33)(H,34,35). The quantitative estimate of drug-likeness (QED) is 0.312. The molecule has 0 radical (unpaired) electrons. The maximum atomic E-state index is 11.8. The largest absolute Gasteiger partial charge is 0.336 e. The van der Waals surface area contributed by atoms with E-state index in [9.17, 15) is 4.79 Å². The number of fused-ring (bicyclic) bond motifs is 2. The Morgan fingerprint density at radius 3 is 2.69 bits per heavy atom. The van der Waals surface area contributed by atoms with Crippen LogP contribution in [0.2, 0.25) is 0 Å². The van der Waals surface area contributed by atoms with Crippen molar-refractivity contribution in [3.05, 3.63) is 72.7 Å². The van der Waals surface area contributed by atoms with Crippen LogP contribution < -0.4 is 5.32 Å². The third kappa shape index (κ3) is 3.86. The van der Waals surface area contributed by atoms with Crippen molar-refractivity contribution in [1.29, 1.82) is 0 Å². The van der Waals surface area contributed by atoms with Gasteiger partial charge in [-0.25, -0.2) is 9.97 Å². The van der Waals surface area contributed by atoms with E-state index in [-0.39, 0.29) is 5.91 Å². The summed E-state index contributed by atoms with van der Waals surface area (Å²) in [5, 5.41) is 10.4. The number of carbonyl (C=O) groups excluding carboxylic acids is 1. The first-order chi connectivity index (χ1) is 17.6. The minimum absolute atomic E-state index is 0.0705. The van der Waals surface area contributed by atoms with Gasteiger partial charge in [0.15, 0.2) is 11.5 Å². The summed E-state index contributed by atoms with van der Waals surface area (Å²) in [4.78, 5) is 33.8. The van der Waals surface area contributed by atoms with Gasteiger partial charge in [-0.15, -0.1) is 0 Å². The molecule has 176 valence electrons. The summed E-state index contributed by atoms with van der Waals surface area (Å²) < 4.78 is 0. The fourth-order valence-corrected chi connectivity index (χ4v) is 4.17. The Hall–Kier alpha value is -4.92. The Balaban J connectivity index is 1.43. The third-order valence-electron chi connectivity index (χ3n) is 5.96. The van der Waals surface area contributed by atoms with Crippen LogP contribution in [-0.2, 0) is 4.79 Å². The lowest BCUT2D eigenvalue weighted by atomic mass is 10.1. The van der Waals surface area contributed by atoms with E-state index in [2.05, 4.69) is 49.5 Å². The fourth-order valence-electron chi connectivity index (χ4n) is 4.17. The first-order valence-electron chi connectivity index (χ1n) is 11.6. The van der Waals surface area contributed by atoms with Crippen molar-refractivity contribution in [3.63, 3.8) is 0 Å². The zero-order chi connectivity index (χ0) is 24.6. The van der Waals surface area contributed by atoms with Crippen LogP contribution in [0.25, 0.3) is 56.1 Å². The molecule has 0 aliphatic rings. The van der Waals surface area contributed by atoms with Crippen LogP contribution in [0, 0.1) is 6.92 Å². The number of aryl methyl sites for hydroxylation is 1. The predicted molar refractivity (Wildman–Crippen MR) is 139 cm³/mol. The molecule has 6 rings (SSSR count). The number of pyridine rings is 3. The summed E-state index contributed by atoms with van der Waals surface area (Å²) in [6.07, 6.45) is 5.51. The van der Waals surface area contributed by atoms with E-state index in [1.54, 1.807) is 25.5 Å². The number of nitrogens with one attached hydrogen (secondary N) is 3. The van der Waals surface area contributed by atoms with E-state index in [1.807, 2.05) is 36.4 Å². The highest BCUT2D eigenvalue weighted by molar-refractivity contribution is 5.95. The third-order valence-corrected chi connectivity index (χ3v) is 5.96. The number of nitrogens with zero attached hydrogens (tertiary/aromatic N) is 5. The zero-order valence-corrected chi connectivity index (χ0v) is 19.7. The Kier molecular flexibility index (Phi) is 5.22. The Bertz CT molecular complexity index is 1750. The smallest absolute Gasteiger partial charge is 0.224 e. The summed E-state index contributed by atoms with van der Waals surface area (Å²) in [6, 6.07) is 15.8. The van der Waals surface area contributed by atoms with Crippen LogP contribution in [0.1, 0.15) is 18.9 Å². The molecule has 9 heteroatoms. The number of benzene rings is 1. The van der Waals surface area contributed by atoms with Crippen LogP contribution in [0.3, 0.4) is 0 Å². The number of aromatic nitrogens is 7. The topological polar surface area (TPSA) is 125 Å². The summed E-state index contributed by atoms with van der Waals surface area (Å²) in [6.45, 7) is 3.86. The van der Waals surface area contributed by atoms with Crippen molar-refractivity contribution in [2.75, 3.05) is 5.32 Å². The minimum atomic E-state index is -0.0705. The lowest BCUT2D eigenvalue weighted by molar-refractivity contribution is -0.115. The highest BCUT2D eigenvalue weighted by Gasteiger charge is 2.17. The van der Waals surface area contributed by atoms with Crippen molar-refractivity contribution in [3.8, 4) is 34.0 Å². The number of aromatic amines is 2. The molecule has 0 fully saturated rings. The monoisotopic (exact) mass is 474 g/mol. The van der Waals surface area contributed by atoms with Gasteiger partial charge in [-0.05, 0) is 37.3 Å². The number of carbonyl (C=O) groups is 1. The molecular weight excluding hydrogens is 452 g/mol. The van der Waals surface area contributed by atoms with Crippen LogP contribution in [0.4, 0.5) is 5.69 Å². The Labute approximate surface area is 206 Å². The molecule has 5 heterocycles. The summed E-state index contributed by atoms with van der Waals surface area (Å²) in [5.41, 5.74) is 8.82. The van der Waals surface area contributed by atoms with Gasteiger partial charge in [0.25, 0.3) is 0 Å². The molecule has 0 aliphatic carbocycles. The first kappa shape index (κ1) is 21.6. The molecule has 0 unspecified atom stereocenters. The molecule has 5 aromatic heterocycles. The van der Waals surface area contributed by atoms with Gasteiger partial charge < -0.3 is 10.3 Å². The van der Waals surface area contributed by atoms with Crippen LogP contribution in [-0.4, -0.2) is 41.0 Å². The molecule has 1 aromatic carbocycles. The lowest BCUT2D eigenvalue weighted by Crippen LogP contribution is -2.09.